The summed E-state index contributed by atoms with van der Waals surface area (Å²) in [5.41, 5.74) is 4.23. The summed E-state index contributed by atoms with van der Waals surface area (Å²) < 4.78 is 2.13. The van der Waals surface area contributed by atoms with Crippen molar-refractivity contribution >= 4 is 41.4 Å². The lowest BCUT2D eigenvalue weighted by atomic mass is 9.92. The molecule has 2 aromatic rings. The van der Waals surface area contributed by atoms with Gasteiger partial charge >= 0.3 is 0 Å². The molecule has 0 bridgehead atoms. The maximum atomic E-state index is 10.6. The zero-order valence-corrected chi connectivity index (χ0v) is 21.9. The van der Waals surface area contributed by atoms with E-state index in [9.17, 15) is 10.1 Å². The fourth-order valence-corrected chi connectivity index (χ4v) is 4.92. The molecule has 9 heteroatoms. The van der Waals surface area contributed by atoms with Gasteiger partial charge in [0.2, 0.25) is 6.41 Å². The SMILES string of the molecule is Cc1ccc(N(C)SCCO)cc1N1CCC(C/C=C\CCNc2nc(NC=O)ccc2C#N)CC1. The van der Waals surface area contributed by atoms with Crippen LogP contribution in [0.5, 0.6) is 0 Å². The van der Waals surface area contributed by atoms with Crippen LogP contribution in [-0.4, -0.2) is 55.5 Å². The van der Waals surface area contributed by atoms with Crippen LogP contribution in [-0.2, 0) is 4.79 Å². The number of piperidine rings is 1. The minimum atomic E-state index is 0.180. The normalized spacial score (nSPS) is 14.0. The van der Waals surface area contributed by atoms with E-state index in [0.717, 1.165) is 31.6 Å². The number of rotatable bonds is 13. The van der Waals surface area contributed by atoms with Crippen LogP contribution in [0.4, 0.5) is 23.0 Å². The van der Waals surface area contributed by atoms with Gasteiger partial charge in [0, 0.05) is 43.8 Å². The summed E-state index contributed by atoms with van der Waals surface area (Å²) in [4.78, 5) is 17.4. The van der Waals surface area contributed by atoms with Gasteiger partial charge < -0.3 is 24.9 Å². The van der Waals surface area contributed by atoms with Crippen LogP contribution in [0, 0.1) is 24.2 Å². The molecule has 1 amide bonds. The van der Waals surface area contributed by atoms with Gasteiger partial charge in [-0.2, -0.15) is 5.26 Å². The number of carbonyl (C=O) groups is 1. The monoisotopic (exact) mass is 508 g/mol. The van der Waals surface area contributed by atoms with Crippen LogP contribution in [0.2, 0.25) is 0 Å². The number of benzene rings is 1. The van der Waals surface area contributed by atoms with Crippen molar-refractivity contribution < 1.29 is 9.90 Å². The molecule has 1 saturated heterocycles. The molecule has 1 aliphatic heterocycles. The molecule has 0 aliphatic carbocycles. The third-order valence-corrected chi connectivity index (χ3v) is 7.31. The molecule has 0 atom stereocenters. The third kappa shape index (κ3) is 7.90. The number of aromatic nitrogens is 1. The molecular formula is C27H36N6O2S. The lowest BCUT2D eigenvalue weighted by Gasteiger charge is -2.35. The second-order valence-electron chi connectivity index (χ2n) is 8.84. The third-order valence-electron chi connectivity index (χ3n) is 6.35. The largest absolute Gasteiger partial charge is 0.395 e. The van der Waals surface area contributed by atoms with E-state index in [0.29, 0.717) is 41.8 Å². The lowest BCUT2D eigenvalue weighted by Crippen LogP contribution is -2.34. The predicted octanol–water partition coefficient (Wildman–Crippen LogP) is 4.57. The predicted molar refractivity (Wildman–Crippen MR) is 150 cm³/mol. The average molecular weight is 509 g/mol. The smallest absolute Gasteiger partial charge is 0.212 e. The van der Waals surface area contributed by atoms with Gasteiger partial charge in [-0.05, 0) is 80.3 Å². The van der Waals surface area contributed by atoms with Crippen molar-refractivity contribution in [1.29, 1.82) is 5.26 Å². The number of nitriles is 1. The van der Waals surface area contributed by atoms with Crippen LogP contribution < -0.4 is 19.8 Å². The Morgan fingerprint density at radius 2 is 2.08 bits per heavy atom. The highest BCUT2D eigenvalue weighted by Gasteiger charge is 2.20. The number of aliphatic hydroxyl groups excluding tert-OH is 1. The van der Waals surface area contributed by atoms with Gasteiger partial charge in [0.05, 0.1) is 12.2 Å². The zero-order chi connectivity index (χ0) is 25.8. The Kier molecular flexibility index (Phi) is 10.9. The van der Waals surface area contributed by atoms with Gasteiger partial charge in [-0.15, -0.1) is 0 Å². The second-order valence-corrected chi connectivity index (χ2v) is 10.1. The molecule has 3 N–H and O–H groups in total. The number of carbonyl (C=O) groups excluding carboxylic acids is 1. The number of amides is 1. The van der Waals surface area contributed by atoms with E-state index < -0.39 is 0 Å². The van der Waals surface area contributed by atoms with Crippen molar-refractivity contribution in [3.8, 4) is 6.07 Å². The number of aliphatic hydroxyl groups is 1. The van der Waals surface area contributed by atoms with Gasteiger partial charge in [0.25, 0.3) is 0 Å². The van der Waals surface area contributed by atoms with E-state index >= 15 is 0 Å². The van der Waals surface area contributed by atoms with E-state index in [2.05, 4.69) is 68.2 Å². The number of anilines is 4. The van der Waals surface area contributed by atoms with Crippen LogP contribution in [0.3, 0.4) is 0 Å². The van der Waals surface area contributed by atoms with Gasteiger partial charge in [-0.1, -0.05) is 18.2 Å². The molecule has 0 radical (unpaired) electrons. The van der Waals surface area contributed by atoms with Crippen LogP contribution in [0.25, 0.3) is 0 Å². The van der Waals surface area contributed by atoms with E-state index in [1.165, 1.54) is 24.1 Å². The Morgan fingerprint density at radius 3 is 2.81 bits per heavy atom. The van der Waals surface area contributed by atoms with Crippen molar-refractivity contribution in [2.75, 3.05) is 58.9 Å². The fourth-order valence-electron chi connectivity index (χ4n) is 4.30. The first-order valence-electron chi connectivity index (χ1n) is 12.4. The van der Waals surface area contributed by atoms with Gasteiger partial charge in [0.1, 0.15) is 17.7 Å². The molecule has 1 aromatic heterocycles. The minimum Gasteiger partial charge on any atom is -0.395 e. The van der Waals surface area contributed by atoms with Crippen molar-refractivity contribution in [3.63, 3.8) is 0 Å². The maximum absolute atomic E-state index is 10.6. The highest BCUT2D eigenvalue weighted by atomic mass is 32.2. The molecule has 3 rings (SSSR count). The fraction of sp³-hybridized carbons (Fsp3) is 0.444. The maximum Gasteiger partial charge on any atom is 0.212 e. The molecule has 8 nitrogen and oxygen atoms in total. The molecule has 192 valence electrons. The van der Waals surface area contributed by atoms with E-state index in [1.807, 2.05) is 7.05 Å². The van der Waals surface area contributed by atoms with Crippen LogP contribution >= 0.6 is 11.9 Å². The number of pyridine rings is 1. The summed E-state index contributed by atoms with van der Waals surface area (Å²) in [5, 5.41) is 24.0. The molecule has 1 aliphatic rings. The minimum absolute atomic E-state index is 0.180. The van der Waals surface area contributed by atoms with Crippen molar-refractivity contribution in [2.45, 2.75) is 32.6 Å². The van der Waals surface area contributed by atoms with E-state index in [-0.39, 0.29) is 6.61 Å². The second kappa shape index (κ2) is 14.4. The number of allylic oxidation sites excluding steroid dienone is 1. The number of nitrogens with one attached hydrogen (secondary N) is 2. The van der Waals surface area contributed by atoms with Gasteiger partial charge in [0.15, 0.2) is 0 Å². The zero-order valence-electron chi connectivity index (χ0n) is 21.1. The number of nitrogens with zero attached hydrogens (tertiary/aromatic N) is 4. The Hall–Kier alpha value is -3.22. The molecule has 0 spiro atoms. The standard InChI is InChI=1S/C27H36N6O2S/c1-21-7-9-24(32(2)36-17-16-34)18-25(21)33-14-11-22(12-15-33)6-4-3-5-13-29-27-23(19-28)8-10-26(31-27)30-20-35/h3-4,7-10,18,20,22,34H,5-6,11-17H2,1-2H3,(H2,29,30,31,35)/b4-3-. The number of aryl methyl sites for hydroxylation is 1. The topological polar surface area (TPSA) is 105 Å². The average Bonchev–Trinajstić information content (AvgIpc) is 2.90. The Bertz CT molecular complexity index is 1060. The van der Waals surface area contributed by atoms with Crippen molar-refractivity contribution in [2.24, 2.45) is 5.92 Å². The highest BCUT2D eigenvalue weighted by molar-refractivity contribution is 8.00. The first kappa shape index (κ1) is 27.4. The summed E-state index contributed by atoms with van der Waals surface area (Å²) in [6.45, 7) is 5.14. The molecule has 1 fully saturated rings. The summed E-state index contributed by atoms with van der Waals surface area (Å²) >= 11 is 1.63. The van der Waals surface area contributed by atoms with Crippen LogP contribution in [0.1, 0.15) is 36.8 Å². The Morgan fingerprint density at radius 1 is 1.28 bits per heavy atom. The first-order valence-corrected chi connectivity index (χ1v) is 13.3. The summed E-state index contributed by atoms with van der Waals surface area (Å²) in [6, 6.07) is 12.0. The first-order chi connectivity index (χ1) is 17.5. The quantitative estimate of drug-likeness (QED) is 0.156. The summed E-state index contributed by atoms with van der Waals surface area (Å²) in [5.74, 6) is 2.29. The lowest BCUT2D eigenvalue weighted by molar-refractivity contribution is -0.105. The molecule has 0 saturated carbocycles. The molecule has 1 aromatic carbocycles. The number of hydrogen-bond donors (Lipinski definition) is 3. The Labute approximate surface area is 218 Å². The van der Waals surface area contributed by atoms with Gasteiger partial charge in [-0.3, -0.25) is 4.79 Å². The molecule has 0 unspecified atom stereocenters. The highest BCUT2D eigenvalue weighted by Crippen LogP contribution is 2.32. The van der Waals surface area contributed by atoms with Crippen molar-refractivity contribution in [1.82, 2.24) is 4.98 Å². The molecule has 2 heterocycles. The van der Waals surface area contributed by atoms with Gasteiger partial charge in [-0.25, -0.2) is 4.98 Å². The summed E-state index contributed by atoms with van der Waals surface area (Å²) in [6.07, 6.45) is 9.29. The number of hydrogen-bond acceptors (Lipinski definition) is 8. The van der Waals surface area contributed by atoms with Crippen LogP contribution in [0.15, 0.2) is 42.5 Å². The molecule has 36 heavy (non-hydrogen) atoms. The van der Waals surface area contributed by atoms with Crippen molar-refractivity contribution in [3.05, 3.63) is 53.6 Å². The van der Waals surface area contributed by atoms with E-state index in [1.54, 1.807) is 24.1 Å². The Balaban J connectivity index is 1.42. The van der Waals surface area contributed by atoms with E-state index in [4.69, 9.17) is 5.11 Å². The summed E-state index contributed by atoms with van der Waals surface area (Å²) in [7, 11) is 2.05. The molecular weight excluding hydrogens is 472 g/mol.